The number of hydrogen-bond donors (Lipinski definition) is 2. The van der Waals surface area contributed by atoms with E-state index in [1.165, 1.54) is 23.7 Å². The Labute approximate surface area is 223 Å². The number of anilines is 2. The summed E-state index contributed by atoms with van der Waals surface area (Å²) in [6.07, 6.45) is 2.76. The monoisotopic (exact) mass is 575 g/mol. The molecule has 3 heterocycles. The lowest BCUT2D eigenvalue weighted by Crippen LogP contribution is -2.17. The number of thiazole rings is 1. The van der Waals surface area contributed by atoms with Crippen molar-refractivity contribution in [3.05, 3.63) is 88.6 Å². The number of fused-ring (bicyclic) bond motifs is 1. The van der Waals surface area contributed by atoms with Crippen LogP contribution in [0.4, 0.5) is 28.4 Å². The fourth-order valence-electron chi connectivity index (χ4n) is 3.79. The number of benzene rings is 2. The first-order valence-electron chi connectivity index (χ1n) is 11.1. The number of hydrogen-bond acceptors (Lipinski definition) is 7. The minimum atomic E-state index is -4.84. The van der Waals surface area contributed by atoms with E-state index in [0.717, 1.165) is 11.2 Å². The summed E-state index contributed by atoms with van der Waals surface area (Å²) in [5.74, 6) is -6.22. The predicted molar refractivity (Wildman–Crippen MR) is 138 cm³/mol. The minimum absolute atomic E-state index is 0.128. The summed E-state index contributed by atoms with van der Waals surface area (Å²) in [4.78, 5) is 25.6. The van der Waals surface area contributed by atoms with E-state index in [2.05, 4.69) is 15.0 Å². The molecule has 2 aromatic carbocycles. The molecular formula is C25H17F4N5O3S2. The van der Waals surface area contributed by atoms with Gasteiger partial charge in [0.25, 0.3) is 10.0 Å². The maximum absolute atomic E-state index is 15.4. The highest BCUT2D eigenvalue weighted by Gasteiger charge is 2.28. The van der Waals surface area contributed by atoms with Crippen molar-refractivity contribution in [1.82, 2.24) is 15.0 Å². The molecule has 200 valence electrons. The van der Waals surface area contributed by atoms with E-state index in [1.54, 1.807) is 16.2 Å². The average molecular weight is 576 g/mol. The summed E-state index contributed by atoms with van der Waals surface area (Å²) < 4.78 is 84.8. The topological polar surface area (TPSA) is 108 Å². The first-order valence-corrected chi connectivity index (χ1v) is 13.4. The molecule has 2 N–H and O–H groups in total. The second-order valence-electron chi connectivity index (χ2n) is 8.53. The molecule has 39 heavy (non-hydrogen) atoms. The van der Waals surface area contributed by atoms with Crippen LogP contribution in [0, 0.1) is 23.3 Å². The molecule has 0 atom stereocenters. The van der Waals surface area contributed by atoms with Gasteiger partial charge in [-0.15, -0.1) is 11.3 Å². The number of pyridine rings is 1. The highest BCUT2D eigenvalue weighted by Crippen LogP contribution is 2.32. The second kappa shape index (κ2) is 9.78. The van der Waals surface area contributed by atoms with Crippen LogP contribution in [0.15, 0.2) is 59.1 Å². The summed E-state index contributed by atoms with van der Waals surface area (Å²) in [6.45, 7) is 0. The Bertz CT molecular complexity index is 1870. The number of aromatic amines is 1. The van der Waals surface area contributed by atoms with E-state index < -0.39 is 55.2 Å². The van der Waals surface area contributed by atoms with Crippen molar-refractivity contribution in [2.24, 2.45) is 0 Å². The zero-order valence-corrected chi connectivity index (χ0v) is 21.7. The van der Waals surface area contributed by atoms with Crippen molar-refractivity contribution in [1.29, 1.82) is 0 Å². The van der Waals surface area contributed by atoms with Crippen molar-refractivity contribution < 1.29 is 30.8 Å². The summed E-state index contributed by atoms with van der Waals surface area (Å²) in [5.41, 5.74) is -0.609. The lowest BCUT2D eigenvalue weighted by Gasteiger charge is -2.12. The van der Waals surface area contributed by atoms with Gasteiger partial charge in [0.15, 0.2) is 10.9 Å². The third kappa shape index (κ3) is 4.83. The van der Waals surface area contributed by atoms with Crippen LogP contribution in [0.1, 0.15) is 15.9 Å². The standard InChI is InChI=1S/C25H17F4N5O3S2/c1-34(2)25-32-19(11-38-25)12-7-14-15(10-31-24(14)30-9-12)23(35)21-17(28)5-6-18(22(21)29)33-39(36,37)20-8-13(26)3-4-16(20)27/h3-11,33H,1-2H3,(H,30,31). The molecule has 0 radical (unpaired) electrons. The first-order chi connectivity index (χ1) is 18.5. The molecule has 14 heteroatoms. The molecule has 0 amide bonds. The number of sulfonamides is 1. The van der Waals surface area contributed by atoms with Gasteiger partial charge in [0.1, 0.15) is 28.0 Å². The average Bonchev–Trinajstić information content (AvgIpc) is 3.54. The molecule has 0 bridgehead atoms. The molecule has 5 rings (SSSR count). The quantitative estimate of drug-likeness (QED) is 0.200. The van der Waals surface area contributed by atoms with Gasteiger partial charge in [-0.3, -0.25) is 9.52 Å². The molecule has 0 aliphatic carbocycles. The molecular weight excluding hydrogens is 558 g/mol. The highest BCUT2D eigenvalue weighted by molar-refractivity contribution is 7.92. The van der Waals surface area contributed by atoms with Gasteiger partial charge in [0, 0.05) is 48.4 Å². The van der Waals surface area contributed by atoms with Crippen LogP contribution < -0.4 is 9.62 Å². The summed E-state index contributed by atoms with van der Waals surface area (Å²) >= 11 is 1.39. The van der Waals surface area contributed by atoms with E-state index in [4.69, 9.17) is 0 Å². The van der Waals surface area contributed by atoms with Gasteiger partial charge in [-0.25, -0.2) is 35.9 Å². The number of halogens is 4. The van der Waals surface area contributed by atoms with Gasteiger partial charge in [-0.1, -0.05) is 0 Å². The third-order valence-electron chi connectivity index (χ3n) is 5.69. The van der Waals surface area contributed by atoms with Gasteiger partial charge in [0.05, 0.1) is 16.9 Å². The van der Waals surface area contributed by atoms with Crippen LogP contribution in [-0.2, 0) is 10.0 Å². The number of nitrogens with zero attached hydrogens (tertiary/aromatic N) is 3. The van der Waals surface area contributed by atoms with Crippen LogP contribution in [0.3, 0.4) is 0 Å². The van der Waals surface area contributed by atoms with Crippen molar-refractivity contribution in [2.75, 3.05) is 23.7 Å². The maximum Gasteiger partial charge on any atom is 0.265 e. The molecule has 0 saturated carbocycles. The lowest BCUT2D eigenvalue weighted by molar-refractivity contribution is 0.103. The van der Waals surface area contributed by atoms with Crippen molar-refractivity contribution in [2.45, 2.75) is 4.90 Å². The maximum atomic E-state index is 15.4. The number of rotatable bonds is 7. The molecule has 0 aliphatic heterocycles. The normalized spacial score (nSPS) is 11.6. The van der Waals surface area contributed by atoms with Gasteiger partial charge < -0.3 is 9.88 Å². The Morgan fingerprint density at radius 2 is 1.79 bits per heavy atom. The largest absolute Gasteiger partial charge is 0.354 e. The van der Waals surface area contributed by atoms with Crippen molar-refractivity contribution in [3.8, 4) is 11.3 Å². The smallest absolute Gasteiger partial charge is 0.265 e. The van der Waals surface area contributed by atoms with Crippen molar-refractivity contribution >= 4 is 49.0 Å². The minimum Gasteiger partial charge on any atom is -0.354 e. The Morgan fingerprint density at radius 3 is 2.51 bits per heavy atom. The summed E-state index contributed by atoms with van der Waals surface area (Å²) in [5, 5.41) is 2.78. The molecule has 0 saturated heterocycles. The van der Waals surface area contributed by atoms with Crippen LogP contribution in [0.2, 0.25) is 0 Å². The number of H-pyrrole nitrogens is 1. The van der Waals surface area contributed by atoms with E-state index in [9.17, 15) is 26.4 Å². The number of aromatic nitrogens is 3. The van der Waals surface area contributed by atoms with E-state index in [0.29, 0.717) is 35.5 Å². The van der Waals surface area contributed by atoms with E-state index in [1.807, 2.05) is 19.0 Å². The van der Waals surface area contributed by atoms with Gasteiger partial charge >= 0.3 is 0 Å². The van der Waals surface area contributed by atoms with Gasteiger partial charge in [-0.05, 0) is 36.4 Å². The van der Waals surface area contributed by atoms with Crippen LogP contribution in [0.5, 0.6) is 0 Å². The molecule has 0 fully saturated rings. The molecule has 0 aliphatic rings. The molecule has 8 nitrogen and oxygen atoms in total. The molecule has 0 unspecified atom stereocenters. The fraction of sp³-hybridized carbons (Fsp3) is 0.0800. The highest BCUT2D eigenvalue weighted by atomic mass is 32.2. The first kappa shape index (κ1) is 26.3. The fourth-order valence-corrected chi connectivity index (χ4v) is 5.71. The van der Waals surface area contributed by atoms with Gasteiger partial charge in [-0.2, -0.15) is 0 Å². The van der Waals surface area contributed by atoms with E-state index in [-0.39, 0.29) is 16.6 Å². The van der Waals surface area contributed by atoms with Gasteiger partial charge in [0.2, 0.25) is 5.78 Å². The second-order valence-corrected chi connectivity index (χ2v) is 11.0. The summed E-state index contributed by atoms with van der Waals surface area (Å²) in [7, 11) is -1.17. The van der Waals surface area contributed by atoms with Crippen LogP contribution >= 0.6 is 11.3 Å². The summed E-state index contributed by atoms with van der Waals surface area (Å²) in [6, 6.07) is 4.72. The molecule has 3 aromatic heterocycles. The van der Waals surface area contributed by atoms with Crippen LogP contribution in [0.25, 0.3) is 22.3 Å². The zero-order valence-electron chi connectivity index (χ0n) is 20.1. The third-order valence-corrected chi connectivity index (χ3v) is 8.08. The predicted octanol–water partition coefficient (Wildman–Crippen LogP) is 5.34. The number of carbonyl (C=O) groups excluding carboxylic acids is 1. The lowest BCUT2D eigenvalue weighted by atomic mass is 10.0. The number of nitrogens with one attached hydrogen (secondary N) is 2. The van der Waals surface area contributed by atoms with E-state index >= 15 is 4.39 Å². The van der Waals surface area contributed by atoms with Crippen LogP contribution in [-0.4, -0.2) is 43.2 Å². The Kier molecular flexibility index (Phi) is 6.60. The number of ketones is 1. The number of carbonyl (C=O) groups is 1. The van der Waals surface area contributed by atoms with Crippen molar-refractivity contribution in [3.63, 3.8) is 0 Å². The molecule has 0 spiro atoms. The Hall–Kier alpha value is -4.30. The zero-order chi connectivity index (χ0) is 28.1. The Balaban J connectivity index is 1.54. The SMILES string of the molecule is CN(C)c1nc(-c2cnc3[nH]cc(C(=O)c4c(F)ccc(NS(=O)(=O)c5cc(F)ccc5F)c4F)c3c2)cs1. The Morgan fingerprint density at radius 1 is 1.05 bits per heavy atom. The molecule has 5 aromatic rings.